The van der Waals surface area contributed by atoms with Gasteiger partial charge in [-0.3, -0.25) is 4.79 Å². The fraction of sp³-hybridized carbons (Fsp3) is 0.400. The van der Waals surface area contributed by atoms with E-state index in [-0.39, 0.29) is 12.3 Å². The van der Waals surface area contributed by atoms with E-state index < -0.39 is 5.97 Å². The fourth-order valence-corrected chi connectivity index (χ4v) is 2.78. The summed E-state index contributed by atoms with van der Waals surface area (Å²) in [4.78, 5) is 14.3. The van der Waals surface area contributed by atoms with Crippen LogP contribution in [0, 0.1) is 12.8 Å². The molecule has 1 atom stereocenters. The number of nitrogens with one attached hydrogen (secondary N) is 1. The number of hydrogen-bond acceptors (Lipinski definition) is 1. The summed E-state index contributed by atoms with van der Waals surface area (Å²) in [5.74, 6) is 0.0209. The molecule has 1 heterocycles. The summed E-state index contributed by atoms with van der Waals surface area (Å²) in [5, 5.41) is 10.3. The third-order valence-corrected chi connectivity index (χ3v) is 3.85. The summed E-state index contributed by atoms with van der Waals surface area (Å²) in [6.07, 6.45) is 4.56. The molecule has 0 amide bonds. The van der Waals surface area contributed by atoms with E-state index in [0.29, 0.717) is 5.92 Å². The minimum absolute atomic E-state index is 0.165. The summed E-state index contributed by atoms with van der Waals surface area (Å²) in [5.41, 5.74) is 3.50. The van der Waals surface area contributed by atoms with Gasteiger partial charge in [0.25, 0.3) is 0 Å². The Morgan fingerprint density at radius 3 is 2.94 bits per heavy atom. The standard InChI is InChI=1S/C15H17NO2/c1-9-2-5-14-12(6-9)13(8-16-14)11(7-15(17)18)10-3-4-10/h2,5-6,8,10-11,16H,3-4,7H2,1H3,(H,17,18). The number of hydrogen-bond donors (Lipinski definition) is 2. The van der Waals surface area contributed by atoms with E-state index in [9.17, 15) is 4.79 Å². The lowest BCUT2D eigenvalue weighted by Gasteiger charge is -2.13. The largest absolute Gasteiger partial charge is 0.481 e. The Labute approximate surface area is 106 Å². The molecule has 94 valence electrons. The van der Waals surface area contributed by atoms with Crippen molar-refractivity contribution in [3.63, 3.8) is 0 Å². The summed E-state index contributed by atoms with van der Waals surface area (Å²) < 4.78 is 0. The Hall–Kier alpha value is -1.77. The summed E-state index contributed by atoms with van der Waals surface area (Å²) in [6, 6.07) is 6.29. The number of benzene rings is 1. The minimum Gasteiger partial charge on any atom is -0.481 e. The molecule has 0 saturated heterocycles. The van der Waals surface area contributed by atoms with E-state index in [1.165, 1.54) is 16.5 Å². The van der Waals surface area contributed by atoms with Gasteiger partial charge < -0.3 is 10.1 Å². The van der Waals surface area contributed by atoms with Crippen molar-refractivity contribution >= 4 is 16.9 Å². The molecule has 0 spiro atoms. The number of carboxylic acid groups (broad SMARTS) is 1. The first-order valence-electron chi connectivity index (χ1n) is 6.44. The second kappa shape index (κ2) is 4.16. The molecular formula is C15H17NO2. The first-order chi connectivity index (χ1) is 8.65. The van der Waals surface area contributed by atoms with E-state index in [4.69, 9.17) is 5.11 Å². The van der Waals surface area contributed by atoms with E-state index in [0.717, 1.165) is 18.4 Å². The number of aromatic amines is 1. The highest BCUT2D eigenvalue weighted by Crippen LogP contribution is 2.46. The van der Waals surface area contributed by atoms with Crippen molar-refractivity contribution in [2.45, 2.75) is 32.1 Å². The van der Waals surface area contributed by atoms with Gasteiger partial charge in [0.05, 0.1) is 6.42 Å². The molecule has 3 heteroatoms. The zero-order valence-corrected chi connectivity index (χ0v) is 10.4. The van der Waals surface area contributed by atoms with Gasteiger partial charge in [-0.1, -0.05) is 11.6 Å². The maximum Gasteiger partial charge on any atom is 0.303 e. The van der Waals surface area contributed by atoms with E-state index >= 15 is 0 Å². The quantitative estimate of drug-likeness (QED) is 0.864. The second-order valence-electron chi connectivity index (χ2n) is 5.33. The number of fused-ring (bicyclic) bond motifs is 1. The van der Waals surface area contributed by atoms with Crippen molar-refractivity contribution in [2.75, 3.05) is 0 Å². The Kier molecular flexibility index (Phi) is 2.62. The molecule has 18 heavy (non-hydrogen) atoms. The summed E-state index contributed by atoms with van der Waals surface area (Å²) in [6.45, 7) is 2.07. The molecule has 1 aliphatic carbocycles. The van der Waals surface area contributed by atoms with Gasteiger partial charge in [-0.2, -0.15) is 0 Å². The molecule has 0 radical (unpaired) electrons. The predicted octanol–water partition coefficient (Wildman–Crippen LogP) is 3.44. The van der Waals surface area contributed by atoms with Crippen LogP contribution in [0.2, 0.25) is 0 Å². The molecule has 0 bridgehead atoms. The molecule has 0 aliphatic heterocycles. The van der Waals surface area contributed by atoms with Gasteiger partial charge in [0, 0.05) is 17.1 Å². The monoisotopic (exact) mass is 243 g/mol. The van der Waals surface area contributed by atoms with Gasteiger partial charge in [0.1, 0.15) is 0 Å². The van der Waals surface area contributed by atoms with Crippen molar-refractivity contribution in [2.24, 2.45) is 5.92 Å². The molecule has 1 unspecified atom stereocenters. The lowest BCUT2D eigenvalue weighted by molar-refractivity contribution is -0.137. The summed E-state index contributed by atoms with van der Waals surface area (Å²) >= 11 is 0. The number of aromatic nitrogens is 1. The highest BCUT2D eigenvalue weighted by atomic mass is 16.4. The fourth-order valence-electron chi connectivity index (χ4n) is 2.78. The molecule has 1 aromatic heterocycles. The number of aryl methyl sites for hydroxylation is 1. The van der Waals surface area contributed by atoms with Gasteiger partial charge in [-0.05, 0) is 49.3 Å². The maximum absolute atomic E-state index is 11.0. The van der Waals surface area contributed by atoms with Crippen LogP contribution in [0.4, 0.5) is 0 Å². The third-order valence-electron chi connectivity index (χ3n) is 3.85. The maximum atomic E-state index is 11.0. The SMILES string of the molecule is Cc1ccc2[nH]cc(C(CC(=O)O)C3CC3)c2c1. The molecule has 1 aromatic carbocycles. The first kappa shape index (κ1) is 11.3. The number of aliphatic carboxylic acids is 1. The Bertz CT molecular complexity index is 596. The normalized spacial score (nSPS) is 16.9. The van der Waals surface area contributed by atoms with Crippen LogP contribution in [0.25, 0.3) is 10.9 Å². The highest BCUT2D eigenvalue weighted by molar-refractivity contribution is 5.85. The van der Waals surface area contributed by atoms with Crippen LogP contribution in [0.3, 0.4) is 0 Å². The second-order valence-corrected chi connectivity index (χ2v) is 5.33. The van der Waals surface area contributed by atoms with Crippen LogP contribution in [0.15, 0.2) is 24.4 Å². The van der Waals surface area contributed by atoms with Gasteiger partial charge >= 0.3 is 5.97 Å². The predicted molar refractivity (Wildman–Crippen MR) is 70.8 cm³/mol. The van der Waals surface area contributed by atoms with Crippen molar-refractivity contribution < 1.29 is 9.90 Å². The number of carbonyl (C=O) groups is 1. The van der Waals surface area contributed by atoms with Crippen molar-refractivity contribution in [1.82, 2.24) is 4.98 Å². The molecular weight excluding hydrogens is 226 g/mol. The average Bonchev–Trinajstić information content (AvgIpc) is 3.07. The zero-order chi connectivity index (χ0) is 12.7. The van der Waals surface area contributed by atoms with Crippen LogP contribution < -0.4 is 0 Å². The van der Waals surface area contributed by atoms with Crippen LogP contribution in [0.5, 0.6) is 0 Å². The number of H-pyrrole nitrogens is 1. The Morgan fingerprint density at radius 1 is 1.50 bits per heavy atom. The minimum atomic E-state index is -0.700. The van der Waals surface area contributed by atoms with Crippen molar-refractivity contribution in [1.29, 1.82) is 0 Å². The van der Waals surface area contributed by atoms with Crippen LogP contribution in [-0.4, -0.2) is 16.1 Å². The molecule has 1 saturated carbocycles. The lowest BCUT2D eigenvalue weighted by atomic mass is 9.90. The third kappa shape index (κ3) is 2.01. The highest BCUT2D eigenvalue weighted by Gasteiger charge is 2.34. The van der Waals surface area contributed by atoms with E-state index in [2.05, 4.69) is 30.1 Å². The van der Waals surface area contributed by atoms with Crippen LogP contribution in [-0.2, 0) is 4.79 Å². The Morgan fingerprint density at radius 2 is 2.28 bits per heavy atom. The first-order valence-corrected chi connectivity index (χ1v) is 6.44. The molecule has 3 nitrogen and oxygen atoms in total. The van der Waals surface area contributed by atoms with Gasteiger partial charge in [0.15, 0.2) is 0 Å². The molecule has 1 fully saturated rings. The van der Waals surface area contributed by atoms with Crippen LogP contribution in [0.1, 0.15) is 36.3 Å². The van der Waals surface area contributed by atoms with Gasteiger partial charge in [-0.15, -0.1) is 0 Å². The zero-order valence-electron chi connectivity index (χ0n) is 10.4. The molecule has 2 aromatic rings. The van der Waals surface area contributed by atoms with E-state index in [1.54, 1.807) is 0 Å². The van der Waals surface area contributed by atoms with Gasteiger partial charge in [-0.25, -0.2) is 0 Å². The lowest BCUT2D eigenvalue weighted by Crippen LogP contribution is -2.07. The van der Waals surface area contributed by atoms with Crippen LogP contribution >= 0.6 is 0 Å². The number of carboxylic acids is 1. The average molecular weight is 243 g/mol. The van der Waals surface area contributed by atoms with Gasteiger partial charge in [0.2, 0.25) is 0 Å². The van der Waals surface area contributed by atoms with E-state index in [1.807, 2.05) is 6.20 Å². The molecule has 2 N–H and O–H groups in total. The number of rotatable bonds is 4. The van der Waals surface area contributed by atoms with Crippen molar-refractivity contribution in [3.05, 3.63) is 35.5 Å². The van der Waals surface area contributed by atoms with Crippen molar-refractivity contribution in [3.8, 4) is 0 Å². The Balaban J connectivity index is 2.05. The summed E-state index contributed by atoms with van der Waals surface area (Å²) in [7, 11) is 0. The molecule has 1 aliphatic rings. The topological polar surface area (TPSA) is 53.1 Å². The smallest absolute Gasteiger partial charge is 0.303 e. The molecule has 3 rings (SSSR count).